The molecule has 0 spiro atoms. The molecule has 0 saturated heterocycles. The number of hydrogen-bond donors (Lipinski definition) is 1. The molecule has 0 aliphatic carbocycles. The molecule has 4 rings (SSSR count). The maximum Gasteiger partial charge on any atom is 0.258 e. The number of para-hydroxylation sites is 1. The summed E-state index contributed by atoms with van der Waals surface area (Å²) in [5.41, 5.74) is 2.02. The van der Waals surface area contributed by atoms with Gasteiger partial charge < -0.3 is 5.32 Å². The molecule has 0 aliphatic rings. The number of nitrogens with zero attached hydrogens (tertiary/aromatic N) is 2. The first-order valence-electron chi connectivity index (χ1n) is 8.21. The summed E-state index contributed by atoms with van der Waals surface area (Å²) < 4.78 is 15.1. The number of fused-ring (bicyclic) bond motifs is 1. The average Bonchev–Trinajstić information content (AvgIpc) is 3.13. The van der Waals surface area contributed by atoms with E-state index in [0.717, 1.165) is 21.3 Å². The van der Waals surface area contributed by atoms with E-state index < -0.39 is 11.7 Å². The number of nitrogens with one attached hydrogen (secondary N) is 1. The van der Waals surface area contributed by atoms with Gasteiger partial charge in [-0.3, -0.25) is 4.79 Å². The molecule has 0 aliphatic heterocycles. The van der Waals surface area contributed by atoms with E-state index in [2.05, 4.69) is 10.3 Å². The van der Waals surface area contributed by atoms with Crippen molar-refractivity contribution < 1.29 is 9.18 Å². The summed E-state index contributed by atoms with van der Waals surface area (Å²) in [5.74, 6) is -1.36. The number of aromatic nitrogens is 1. The van der Waals surface area contributed by atoms with Crippen molar-refractivity contribution in [1.29, 1.82) is 5.26 Å². The van der Waals surface area contributed by atoms with Crippen LogP contribution in [0, 0.1) is 17.1 Å². The molecule has 136 valence electrons. The zero-order valence-electron chi connectivity index (χ0n) is 14.2. The van der Waals surface area contributed by atoms with E-state index in [1.54, 1.807) is 18.2 Å². The standard InChI is InChI=1S/C21H11ClFN3OS/c22-16-8-6-13(25-20(27)14-7-5-12(11-24)9-17(14)23)10-15(16)21-26-18-3-1-2-4-19(18)28-21/h1-10H,(H,25,27). The van der Waals surface area contributed by atoms with Crippen molar-refractivity contribution >= 4 is 44.7 Å². The minimum Gasteiger partial charge on any atom is -0.322 e. The Bertz CT molecular complexity index is 1230. The zero-order valence-corrected chi connectivity index (χ0v) is 15.8. The first-order valence-corrected chi connectivity index (χ1v) is 9.41. The van der Waals surface area contributed by atoms with Crippen LogP contribution in [0.4, 0.5) is 10.1 Å². The molecule has 1 heterocycles. The molecule has 1 amide bonds. The fraction of sp³-hybridized carbons (Fsp3) is 0. The molecule has 4 aromatic rings. The Morgan fingerprint density at radius 1 is 1.14 bits per heavy atom. The summed E-state index contributed by atoms with van der Waals surface area (Å²) in [6.45, 7) is 0. The number of anilines is 1. The molecular weight excluding hydrogens is 397 g/mol. The van der Waals surface area contributed by atoms with Gasteiger partial charge in [0, 0.05) is 11.3 Å². The number of benzene rings is 3. The lowest BCUT2D eigenvalue weighted by Gasteiger charge is -2.09. The van der Waals surface area contributed by atoms with Crippen LogP contribution in [0.25, 0.3) is 20.8 Å². The number of rotatable bonds is 3. The normalized spacial score (nSPS) is 10.6. The maximum atomic E-state index is 14.1. The molecule has 4 nitrogen and oxygen atoms in total. The molecule has 28 heavy (non-hydrogen) atoms. The smallest absolute Gasteiger partial charge is 0.258 e. The van der Waals surface area contributed by atoms with Crippen molar-refractivity contribution in [2.45, 2.75) is 0 Å². The number of carbonyl (C=O) groups excluding carboxylic acids is 1. The van der Waals surface area contributed by atoms with Gasteiger partial charge in [0.15, 0.2) is 0 Å². The fourth-order valence-electron chi connectivity index (χ4n) is 2.72. The largest absolute Gasteiger partial charge is 0.322 e. The quantitative estimate of drug-likeness (QED) is 0.461. The highest BCUT2D eigenvalue weighted by atomic mass is 35.5. The van der Waals surface area contributed by atoms with Crippen LogP contribution in [0.3, 0.4) is 0 Å². The van der Waals surface area contributed by atoms with E-state index in [1.165, 1.54) is 23.5 Å². The predicted octanol–water partition coefficient (Wildman–Crippen LogP) is 5.88. The predicted molar refractivity (Wildman–Crippen MR) is 109 cm³/mol. The summed E-state index contributed by atoms with van der Waals surface area (Å²) in [7, 11) is 0. The van der Waals surface area contributed by atoms with Crippen LogP contribution in [-0.2, 0) is 0 Å². The minimum absolute atomic E-state index is 0.143. The molecule has 0 saturated carbocycles. The van der Waals surface area contributed by atoms with Crippen LogP contribution in [-0.4, -0.2) is 10.9 Å². The Kier molecular flexibility index (Phi) is 4.78. The van der Waals surface area contributed by atoms with Gasteiger partial charge in [-0.1, -0.05) is 23.7 Å². The third-order valence-electron chi connectivity index (χ3n) is 4.09. The highest BCUT2D eigenvalue weighted by molar-refractivity contribution is 7.21. The number of hydrogen-bond acceptors (Lipinski definition) is 4. The Labute approximate surface area is 168 Å². The van der Waals surface area contributed by atoms with E-state index in [0.29, 0.717) is 16.3 Å². The van der Waals surface area contributed by atoms with E-state index in [1.807, 2.05) is 30.3 Å². The van der Waals surface area contributed by atoms with Crippen LogP contribution in [0.15, 0.2) is 60.7 Å². The van der Waals surface area contributed by atoms with Crippen LogP contribution < -0.4 is 5.32 Å². The second-order valence-corrected chi connectivity index (χ2v) is 7.38. The monoisotopic (exact) mass is 407 g/mol. The molecule has 0 unspecified atom stereocenters. The molecule has 1 N–H and O–H groups in total. The molecular formula is C21H11ClFN3OS. The van der Waals surface area contributed by atoms with Gasteiger partial charge in [0.05, 0.1) is 32.4 Å². The van der Waals surface area contributed by atoms with Gasteiger partial charge in [-0.25, -0.2) is 9.37 Å². The van der Waals surface area contributed by atoms with Gasteiger partial charge in [0.2, 0.25) is 0 Å². The average molecular weight is 408 g/mol. The Balaban J connectivity index is 1.65. The van der Waals surface area contributed by atoms with Crippen molar-refractivity contribution in [2.24, 2.45) is 0 Å². The molecule has 1 aromatic heterocycles. The molecule has 0 radical (unpaired) electrons. The summed E-state index contributed by atoms with van der Waals surface area (Å²) in [6.07, 6.45) is 0. The SMILES string of the molecule is N#Cc1ccc(C(=O)Nc2ccc(Cl)c(-c3nc4ccccc4s3)c2)c(F)c1. The van der Waals surface area contributed by atoms with Gasteiger partial charge >= 0.3 is 0 Å². The number of thiazole rings is 1. The first-order chi connectivity index (χ1) is 13.5. The minimum atomic E-state index is -0.753. The van der Waals surface area contributed by atoms with Crippen LogP contribution in [0.1, 0.15) is 15.9 Å². The third-order valence-corrected chi connectivity index (χ3v) is 5.49. The van der Waals surface area contributed by atoms with Crippen molar-refractivity contribution in [3.05, 3.63) is 82.6 Å². The van der Waals surface area contributed by atoms with Crippen LogP contribution >= 0.6 is 22.9 Å². The number of nitriles is 1. The van der Waals surface area contributed by atoms with Crippen molar-refractivity contribution in [2.75, 3.05) is 5.32 Å². The van der Waals surface area contributed by atoms with Crippen LogP contribution in [0.5, 0.6) is 0 Å². The van der Waals surface area contributed by atoms with Gasteiger partial charge in [0.1, 0.15) is 10.8 Å². The number of carbonyl (C=O) groups is 1. The van der Waals surface area contributed by atoms with Gasteiger partial charge in [-0.05, 0) is 48.5 Å². The highest BCUT2D eigenvalue weighted by Crippen LogP contribution is 2.36. The van der Waals surface area contributed by atoms with E-state index in [-0.39, 0.29) is 11.1 Å². The lowest BCUT2D eigenvalue weighted by molar-refractivity contribution is 0.102. The first kappa shape index (κ1) is 18.1. The molecule has 0 bridgehead atoms. The Hall–Kier alpha value is -3.27. The lowest BCUT2D eigenvalue weighted by Crippen LogP contribution is -2.14. The summed E-state index contributed by atoms with van der Waals surface area (Å²) in [6, 6.07) is 18.3. The fourth-order valence-corrected chi connectivity index (χ4v) is 3.98. The van der Waals surface area contributed by atoms with Crippen molar-refractivity contribution in [3.8, 4) is 16.6 Å². The topological polar surface area (TPSA) is 65.8 Å². The maximum absolute atomic E-state index is 14.1. The van der Waals surface area contributed by atoms with E-state index >= 15 is 0 Å². The second-order valence-electron chi connectivity index (χ2n) is 5.94. The molecule has 0 atom stereocenters. The summed E-state index contributed by atoms with van der Waals surface area (Å²) >= 11 is 7.83. The number of halogens is 2. The Morgan fingerprint density at radius 2 is 1.96 bits per heavy atom. The Morgan fingerprint density at radius 3 is 2.71 bits per heavy atom. The van der Waals surface area contributed by atoms with E-state index in [4.69, 9.17) is 16.9 Å². The van der Waals surface area contributed by atoms with Gasteiger partial charge in [0.25, 0.3) is 5.91 Å². The summed E-state index contributed by atoms with van der Waals surface area (Å²) in [4.78, 5) is 17.0. The molecule has 0 fully saturated rings. The molecule has 3 aromatic carbocycles. The second kappa shape index (κ2) is 7.39. The number of amides is 1. The zero-order chi connectivity index (χ0) is 19.7. The highest BCUT2D eigenvalue weighted by Gasteiger charge is 2.15. The van der Waals surface area contributed by atoms with E-state index in [9.17, 15) is 9.18 Å². The van der Waals surface area contributed by atoms with Gasteiger partial charge in [-0.2, -0.15) is 5.26 Å². The van der Waals surface area contributed by atoms with Crippen molar-refractivity contribution in [3.63, 3.8) is 0 Å². The lowest BCUT2D eigenvalue weighted by atomic mass is 10.1. The third kappa shape index (κ3) is 3.46. The van der Waals surface area contributed by atoms with Crippen LogP contribution in [0.2, 0.25) is 5.02 Å². The summed E-state index contributed by atoms with van der Waals surface area (Å²) in [5, 5.41) is 12.7. The van der Waals surface area contributed by atoms with Gasteiger partial charge in [-0.15, -0.1) is 11.3 Å². The van der Waals surface area contributed by atoms with Crippen molar-refractivity contribution in [1.82, 2.24) is 4.98 Å². The molecule has 7 heteroatoms.